The molecule has 1 aromatic rings. The molecule has 1 aromatic heterocycles. The summed E-state index contributed by atoms with van der Waals surface area (Å²) in [6, 6.07) is 2.26. The summed E-state index contributed by atoms with van der Waals surface area (Å²) in [5.41, 5.74) is 2.94. The monoisotopic (exact) mass is 163 g/mol. The van der Waals surface area contributed by atoms with Crippen molar-refractivity contribution in [3.05, 3.63) is 23.5 Å². The molecule has 0 aromatic carbocycles. The van der Waals surface area contributed by atoms with Crippen LogP contribution in [0.25, 0.3) is 0 Å². The molecule has 0 bridgehead atoms. The molecule has 0 saturated heterocycles. The lowest BCUT2D eigenvalue weighted by molar-refractivity contribution is 0.442. The third kappa shape index (κ3) is 1.40. The highest BCUT2D eigenvalue weighted by atomic mass is 14.7. The highest BCUT2D eigenvalue weighted by Gasteiger charge is 2.17. The van der Waals surface area contributed by atoms with Crippen LogP contribution in [0.15, 0.2) is 12.3 Å². The average molecular weight is 163 g/mol. The smallest absolute Gasteiger partial charge is 0.0150 e. The molecule has 1 N–H and O–H groups in total. The summed E-state index contributed by atoms with van der Waals surface area (Å²) in [5.74, 6) is 0.852. The molecular weight excluding hydrogens is 146 g/mol. The van der Waals surface area contributed by atoms with Crippen LogP contribution in [-0.4, -0.2) is 4.98 Å². The Kier molecular flexibility index (Phi) is 2.20. The summed E-state index contributed by atoms with van der Waals surface area (Å²) in [7, 11) is 0. The summed E-state index contributed by atoms with van der Waals surface area (Å²) in [4.78, 5) is 3.27. The molecule has 1 heteroatoms. The van der Waals surface area contributed by atoms with Gasteiger partial charge in [0.15, 0.2) is 0 Å². The van der Waals surface area contributed by atoms with E-state index in [1.54, 1.807) is 5.56 Å². The molecular formula is C11H17N. The van der Waals surface area contributed by atoms with Gasteiger partial charge in [0.05, 0.1) is 0 Å². The van der Waals surface area contributed by atoms with Crippen molar-refractivity contribution in [3.63, 3.8) is 0 Å². The van der Waals surface area contributed by atoms with Gasteiger partial charge in [-0.2, -0.15) is 0 Å². The molecule has 1 fully saturated rings. The fourth-order valence-corrected chi connectivity index (χ4v) is 2.32. The predicted molar refractivity (Wildman–Crippen MR) is 51.4 cm³/mol. The van der Waals surface area contributed by atoms with E-state index >= 15 is 0 Å². The second kappa shape index (κ2) is 3.34. The second-order valence-electron chi connectivity index (χ2n) is 3.89. The van der Waals surface area contributed by atoms with E-state index in [9.17, 15) is 0 Å². The Morgan fingerprint density at radius 3 is 2.58 bits per heavy atom. The van der Waals surface area contributed by atoms with Gasteiger partial charge in [0, 0.05) is 11.9 Å². The van der Waals surface area contributed by atoms with Gasteiger partial charge in [-0.15, -0.1) is 0 Å². The van der Waals surface area contributed by atoms with Crippen molar-refractivity contribution >= 4 is 0 Å². The van der Waals surface area contributed by atoms with Crippen molar-refractivity contribution in [1.29, 1.82) is 0 Å². The van der Waals surface area contributed by atoms with E-state index < -0.39 is 0 Å². The third-order valence-corrected chi connectivity index (χ3v) is 3.04. The molecule has 0 spiro atoms. The van der Waals surface area contributed by atoms with Gasteiger partial charge in [0.1, 0.15) is 0 Å². The number of rotatable bonds is 1. The highest BCUT2D eigenvalue weighted by molar-refractivity contribution is 5.23. The van der Waals surface area contributed by atoms with Crippen molar-refractivity contribution in [1.82, 2.24) is 4.98 Å². The molecule has 1 aliphatic rings. The van der Waals surface area contributed by atoms with E-state index in [2.05, 4.69) is 24.2 Å². The van der Waals surface area contributed by atoms with E-state index in [4.69, 9.17) is 0 Å². The van der Waals surface area contributed by atoms with Gasteiger partial charge in [-0.1, -0.05) is 19.3 Å². The Balaban J connectivity index is 2.13. The number of H-pyrrole nitrogens is 1. The Bertz CT molecular complexity index is 243. The van der Waals surface area contributed by atoms with Crippen LogP contribution < -0.4 is 0 Å². The summed E-state index contributed by atoms with van der Waals surface area (Å²) in [5, 5.41) is 0. The summed E-state index contributed by atoms with van der Waals surface area (Å²) in [6.07, 6.45) is 9.17. The number of aromatic amines is 1. The zero-order chi connectivity index (χ0) is 8.39. The van der Waals surface area contributed by atoms with Crippen LogP contribution in [0.3, 0.4) is 0 Å². The van der Waals surface area contributed by atoms with Crippen LogP contribution in [-0.2, 0) is 0 Å². The van der Waals surface area contributed by atoms with Crippen LogP contribution in [0, 0.1) is 6.92 Å². The van der Waals surface area contributed by atoms with Crippen LogP contribution in [0.2, 0.25) is 0 Å². The summed E-state index contributed by atoms with van der Waals surface area (Å²) in [6.45, 7) is 2.18. The highest BCUT2D eigenvalue weighted by Crippen LogP contribution is 2.33. The zero-order valence-corrected chi connectivity index (χ0v) is 7.77. The van der Waals surface area contributed by atoms with E-state index in [1.807, 2.05) is 0 Å². The van der Waals surface area contributed by atoms with Crippen LogP contribution >= 0.6 is 0 Å². The first-order chi connectivity index (χ1) is 5.88. The first kappa shape index (κ1) is 7.90. The largest absolute Gasteiger partial charge is 0.365 e. The van der Waals surface area contributed by atoms with E-state index in [1.165, 1.54) is 37.8 Å². The van der Waals surface area contributed by atoms with Crippen molar-refractivity contribution in [2.24, 2.45) is 0 Å². The fourth-order valence-electron chi connectivity index (χ4n) is 2.32. The normalized spacial score (nSPS) is 19.8. The number of aryl methyl sites for hydroxylation is 1. The van der Waals surface area contributed by atoms with Gasteiger partial charge in [-0.25, -0.2) is 0 Å². The quantitative estimate of drug-likeness (QED) is 0.653. The van der Waals surface area contributed by atoms with Gasteiger partial charge < -0.3 is 4.98 Å². The lowest BCUT2D eigenvalue weighted by atomic mass is 9.84. The Labute approximate surface area is 74.2 Å². The van der Waals surface area contributed by atoms with Crippen molar-refractivity contribution in [3.8, 4) is 0 Å². The lowest BCUT2D eigenvalue weighted by Crippen LogP contribution is -2.04. The maximum atomic E-state index is 3.27. The maximum Gasteiger partial charge on any atom is 0.0150 e. The van der Waals surface area contributed by atoms with E-state index in [-0.39, 0.29) is 0 Å². The average Bonchev–Trinajstić information content (AvgIpc) is 2.53. The zero-order valence-electron chi connectivity index (χ0n) is 7.77. The van der Waals surface area contributed by atoms with Gasteiger partial charge in [-0.3, -0.25) is 0 Å². The minimum Gasteiger partial charge on any atom is -0.365 e. The van der Waals surface area contributed by atoms with Crippen molar-refractivity contribution in [2.75, 3.05) is 0 Å². The molecule has 1 saturated carbocycles. The van der Waals surface area contributed by atoms with Crippen molar-refractivity contribution in [2.45, 2.75) is 44.9 Å². The minimum absolute atomic E-state index is 0.852. The summed E-state index contributed by atoms with van der Waals surface area (Å²) >= 11 is 0. The molecule has 0 unspecified atom stereocenters. The van der Waals surface area contributed by atoms with E-state index in [0.29, 0.717) is 0 Å². The molecule has 66 valence electrons. The van der Waals surface area contributed by atoms with Gasteiger partial charge in [-0.05, 0) is 37.3 Å². The molecule has 1 heterocycles. The van der Waals surface area contributed by atoms with E-state index in [0.717, 1.165) is 5.92 Å². The molecule has 0 aliphatic heterocycles. The minimum atomic E-state index is 0.852. The van der Waals surface area contributed by atoms with Crippen LogP contribution in [0.4, 0.5) is 0 Å². The van der Waals surface area contributed by atoms with Crippen LogP contribution in [0.5, 0.6) is 0 Å². The predicted octanol–water partition coefficient (Wildman–Crippen LogP) is 3.37. The molecule has 0 radical (unpaired) electrons. The van der Waals surface area contributed by atoms with Crippen LogP contribution in [0.1, 0.15) is 49.3 Å². The number of hydrogen-bond donors (Lipinski definition) is 1. The van der Waals surface area contributed by atoms with Gasteiger partial charge >= 0.3 is 0 Å². The first-order valence-corrected chi connectivity index (χ1v) is 5.02. The number of nitrogens with one attached hydrogen (secondary N) is 1. The maximum absolute atomic E-state index is 3.27. The molecule has 0 atom stereocenters. The molecule has 1 aliphatic carbocycles. The molecule has 12 heavy (non-hydrogen) atoms. The third-order valence-electron chi connectivity index (χ3n) is 3.04. The van der Waals surface area contributed by atoms with Gasteiger partial charge in [0.25, 0.3) is 0 Å². The Morgan fingerprint density at radius 2 is 2.00 bits per heavy atom. The molecule has 0 amide bonds. The Morgan fingerprint density at radius 1 is 1.25 bits per heavy atom. The lowest BCUT2D eigenvalue weighted by Gasteiger charge is -2.21. The topological polar surface area (TPSA) is 15.8 Å². The second-order valence-corrected chi connectivity index (χ2v) is 3.89. The van der Waals surface area contributed by atoms with Gasteiger partial charge in [0.2, 0.25) is 0 Å². The number of aromatic nitrogens is 1. The first-order valence-electron chi connectivity index (χ1n) is 5.02. The molecule has 1 nitrogen and oxygen atoms in total. The Hall–Kier alpha value is -0.720. The molecule has 2 rings (SSSR count). The standard InChI is InChI=1S/C11H17N/c1-9-11(7-8-12-9)10-5-3-2-4-6-10/h7-8,10,12H,2-6H2,1H3. The summed E-state index contributed by atoms with van der Waals surface area (Å²) < 4.78 is 0. The van der Waals surface area contributed by atoms with Crippen molar-refractivity contribution < 1.29 is 0 Å². The SMILES string of the molecule is Cc1[nH]ccc1C1CCCCC1. The number of hydrogen-bond acceptors (Lipinski definition) is 0. The fraction of sp³-hybridized carbons (Fsp3) is 0.636.